The lowest BCUT2D eigenvalue weighted by molar-refractivity contribution is 0.606. The Morgan fingerprint density at radius 1 is 1.26 bits per heavy atom. The van der Waals surface area contributed by atoms with E-state index in [0.29, 0.717) is 0 Å². The Bertz CT molecular complexity index is 556. The van der Waals surface area contributed by atoms with Crippen LogP contribution in [0.15, 0.2) is 34.1 Å². The highest BCUT2D eigenvalue weighted by atomic mass is 79.9. The molecule has 0 saturated heterocycles. The highest BCUT2D eigenvalue weighted by Gasteiger charge is 2.20. The molecule has 1 aromatic carbocycles. The number of nitrogens with one attached hydrogen (secondary N) is 1. The largest absolute Gasteiger partial charge is 0.306 e. The van der Waals surface area contributed by atoms with E-state index in [2.05, 4.69) is 28.2 Å². The first-order valence-electron chi connectivity index (χ1n) is 6.04. The van der Waals surface area contributed by atoms with Crippen LogP contribution in [0.5, 0.6) is 0 Å². The number of rotatable bonds is 5. The van der Waals surface area contributed by atoms with Crippen LogP contribution in [0.1, 0.15) is 29.8 Å². The van der Waals surface area contributed by atoms with Crippen molar-refractivity contribution in [3.63, 3.8) is 0 Å². The van der Waals surface area contributed by atoms with Crippen molar-refractivity contribution >= 4 is 50.5 Å². The standard InChI is InChI=1S/C14H14BrCl2NS/c1-2-6-18-13(14-11(16)5-7-19-14)10-4-3-9(15)8-12(10)17/h3-5,7-8,13,18H,2,6H2,1H3. The molecule has 1 heterocycles. The normalized spacial score (nSPS) is 12.6. The minimum atomic E-state index is 0.0491. The van der Waals surface area contributed by atoms with Gasteiger partial charge in [-0.15, -0.1) is 11.3 Å². The lowest BCUT2D eigenvalue weighted by atomic mass is 10.1. The van der Waals surface area contributed by atoms with Crippen LogP contribution in [0, 0.1) is 0 Å². The van der Waals surface area contributed by atoms with Crippen LogP contribution in [0.2, 0.25) is 10.0 Å². The van der Waals surface area contributed by atoms with Gasteiger partial charge in [0, 0.05) is 14.4 Å². The molecular weight excluding hydrogens is 365 g/mol. The Kier molecular flexibility index (Phi) is 5.72. The van der Waals surface area contributed by atoms with E-state index in [-0.39, 0.29) is 6.04 Å². The van der Waals surface area contributed by atoms with E-state index < -0.39 is 0 Å². The van der Waals surface area contributed by atoms with Crippen molar-refractivity contribution in [2.75, 3.05) is 6.54 Å². The molecule has 5 heteroatoms. The molecule has 0 aliphatic rings. The zero-order valence-electron chi connectivity index (χ0n) is 10.4. The van der Waals surface area contributed by atoms with E-state index >= 15 is 0 Å². The van der Waals surface area contributed by atoms with Gasteiger partial charge in [0.2, 0.25) is 0 Å². The molecule has 0 bridgehead atoms. The monoisotopic (exact) mass is 377 g/mol. The maximum absolute atomic E-state index is 6.36. The smallest absolute Gasteiger partial charge is 0.0700 e. The van der Waals surface area contributed by atoms with Gasteiger partial charge in [-0.1, -0.05) is 52.1 Å². The average Bonchev–Trinajstić information content (AvgIpc) is 2.78. The zero-order chi connectivity index (χ0) is 13.8. The first kappa shape index (κ1) is 15.3. The molecular formula is C14H14BrCl2NS. The molecule has 0 saturated carbocycles. The lowest BCUT2D eigenvalue weighted by Crippen LogP contribution is -2.23. The Morgan fingerprint density at radius 2 is 2.05 bits per heavy atom. The van der Waals surface area contributed by atoms with Crippen LogP contribution in [0.3, 0.4) is 0 Å². The van der Waals surface area contributed by atoms with Crippen molar-refractivity contribution in [3.8, 4) is 0 Å². The molecule has 19 heavy (non-hydrogen) atoms. The first-order chi connectivity index (χ1) is 9.13. The molecule has 1 aromatic heterocycles. The van der Waals surface area contributed by atoms with Gasteiger partial charge < -0.3 is 5.32 Å². The second-order valence-corrected chi connectivity index (χ2v) is 6.86. The molecule has 0 radical (unpaired) electrons. The minimum absolute atomic E-state index is 0.0491. The van der Waals surface area contributed by atoms with Gasteiger partial charge in [0.15, 0.2) is 0 Å². The molecule has 2 rings (SSSR count). The second kappa shape index (κ2) is 7.09. The summed E-state index contributed by atoms with van der Waals surface area (Å²) in [5.41, 5.74) is 1.06. The Hall–Kier alpha value is -0.0600. The number of halogens is 3. The predicted molar refractivity (Wildman–Crippen MR) is 88.6 cm³/mol. The van der Waals surface area contributed by atoms with Crippen LogP contribution >= 0.6 is 50.5 Å². The average molecular weight is 379 g/mol. The quantitative estimate of drug-likeness (QED) is 0.682. The maximum Gasteiger partial charge on any atom is 0.0700 e. The summed E-state index contributed by atoms with van der Waals surface area (Å²) < 4.78 is 0.979. The summed E-state index contributed by atoms with van der Waals surface area (Å²) in [6, 6.07) is 7.93. The molecule has 1 nitrogen and oxygen atoms in total. The van der Waals surface area contributed by atoms with Gasteiger partial charge in [0.05, 0.1) is 11.1 Å². The highest BCUT2D eigenvalue weighted by molar-refractivity contribution is 9.10. The summed E-state index contributed by atoms with van der Waals surface area (Å²) in [7, 11) is 0. The molecule has 0 aliphatic carbocycles. The van der Waals surface area contributed by atoms with Crippen molar-refractivity contribution < 1.29 is 0 Å². The fourth-order valence-corrected chi connectivity index (χ4v) is 3.92. The zero-order valence-corrected chi connectivity index (χ0v) is 14.3. The Morgan fingerprint density at radius 3 is 2.63 bits per heavy atom. The van der Waals surface area contributed by atoms with E-state index in [0.717, 1.165) is 37.9 Å². The molecule has 1 unspecified atom stereocenters. The highest BCUT2D eigenvalue weighted by Crippen LogP contribution is 2.36. The molecule has 0 spiro atoms. The second-order valence-electron chi connectivity index (χ2n) is 4.19. The Balaban J connectivity index is 2.40. The first-order valence-corrected chi connectivity index (χ1v) is 8.47. The van der Waals surface area contributed by atoms with Gasteiger partial charge in [-0.2, -0.15) is 0 Å². The van der Waals surface area contributed by atoms with Gasteiger partial charge in [-0.05, 0) is 42.1 Å². The van der Waals surface area contributed by atoms with Crippen LogP contribution in [-0.2, 0) is 0 Å². The van der Waals surface area contributed by atoms with E-state index in [1.165, 1.54) is 0 Å². The Labute approximate surface area is 136 Å². The summed E-state index contributed by atoms with van der Waals surface area (Å²) in [5, 5.41) is 7.05. The third-order valence-electron chi connectivity index (χ3n) is 2.78. The fraction of sp³-hybridized carbons (Fsp3) is 0.286. The third kappa shape index (κ3) is 3.73. The predicted octanol–water partition coefficient (Wildman–Crippen LogP) is 5.91. The molecule has 0 fully saturated rings. The fourth-order valence-electron chi connectivity index (χ4n) is 1.88. The molecule has 0 aliphatic heterocycles. The van der Waals surface area contributed by atoms with Crippen LogP contribution in [-0.4, -0.2) is 6.54 Å². The van der Waals surface area contributed by atoms with Gasteiger partial charge in [-0.25, -0.2) is 0 Å². The van der Waals surface area contributed by atoms with E-state index in [1.807, 2.05) is 29.6 Å². The number of hydrogen-bond donors (Lipinski definition) is 1. The van der Waals surface area contributed by atoms with E-state index in [4.69, 9.17) is 23.2 Å². The van der Waals surface area contributed by atoms with Crippen LogP contribution in [0.4, 0.5) is 0 Å². The topological polar surface area (TPSA) is 12.0 Å². The van der Waals surface area contributed by atoms with Crippen molar-refractivity contribution in [2.24, 2.45) is 0 Å². The number of hydrogen-bond acceptors (Lipinski definition) is 2. The summed E-state index contributed by atoms with van der Waals surface area (Å²) in [6.07, 6.45) is 1.06. The van der Waals surface area contributed by atoms with Crippen LogP contribution in [0.25, 0.3) is 0 Å². The van der Waals surface area contributed by atoms with Crippen molar-refractivity contribution in [1.29, 1.82) is 0 Å². The minimum Gasteiger partial charge on any atom is -0.306 e. The van der Waals surface area contributed by atoms with Gasteiger partial charge >= 0.3 is 0 Å². The van der Waals surface area contributed by atoms with E-state index in [1.54, 1.807) is 11.3 Å². The van der Waals surface area contributed by atoms with Gasteiger partial charge in [0.1, 0.15) is 0 Å². The summed E-state index contributed by atoms with van der Waals surface area (Å²) >= 11 is 17.7. The summed E-state index contributed by atoms with van der Waals surface area (Å²) in [4.78, 5) is 1.11. The SMILES string of the molecule is CCCNC(c1ccc(Br)cc1Cl)c1sccc1Cl. The molecule has 2 aromatic rings. The number of thiophene rings is 1. The molecule has 0 amide bonds. The van der Waals surface area contributed by atoms with Crippen LogP contribution < -0.4 is 5.32 Å². The summed E-state index contributed by atoms with van der Waals surface area (Å²) in [5.74, 6) is 0. The molecule has 1 atom stereocenters. The number of benzene rings is 1. The van der Waals surface area contributed by atoms with Gasteiger partial charge in [0.25, 0.3) is 0 Å². The lowest BCUT2D eigenvalue weighted by Gasteiger charge is -2.19. The van der Waals surface area contributed by atoms with E-state index in [9.17, 15) is 0 Å². The van der Waals surface area contributed by atoms with Crippen molar-refractivity contribution in [1.82, 2.24) is 5.32 Å². The summed E-state index contributed by atoms with van der Waals surface area (Å²) in [6.45, 7) is 3.06. The van der Waals surface area contributed by atoms with Crippen molar-refractivity contribution in [3.05, 3.63) is 54.6 Å². The third-order valence-corrected chi connectivity index (χ3v) is 5.02. The van der Waals surface area contributed by atoms with Crippen molar-refractivity contribution in [2.45, 2.75) is 19.4 Å². The maximum atomic E-state index is 6.36. The molecule has 102 valence electrons. The van der Waals surface area contributed by atoms with Gasteiger partial charge in [-0.3, -0.25) is 0 Å². The molecule has 1 N–H and O–H groups in total.